The Morgan fingerprint density at radius 2 is 1.64 bits per heavy atom. The fourth-order valence-electron chi connectivity index (χ4n) is 2.48. The van der Waals surface area contributed by atoms with Gasteiger partial charge in [0, 0.05) is 18.6 Å². The summed E-state index contributed by atoms with van der Waals surface area (Å²) in [5.41, 5.74) is 6.07. The van der Waals surface area contributed by atoms with Crippen LogP contribution in [-0.4, -0.2) is 18.6 Å². The Labute approximate surface area is 87.6 Å². The topological polar surface area (TPSA) is 38.0 Å². The van der Waals surface area contributed by atoms with Gasteiger partial charge in [0.1, 0.15) is 0 Å². The van der Waals surface area contributed by atoms with Crippen LogP contribution < -0.4 is 11.1 Å². The molecule has 3 N–H and O–H groups in total. The summed E-state index contributed by atoms with van der Waals surface area (Å²) in [5.74, 6) is 0.841. The van der Waals surface area contributed by atoms with Crippen LogP contribution in [0.15, 0.2) is 0 Å². The molecule has 1 atom stereocenters. The van der Waals surface area contributed by atoms with E-state index in [4.69, 9.17) is 5.73 Å². The van der Waals surface area contributed by atoms with Gasteiger partial charge >= 0.3 is 0 Å². The fraction of sp³-hybridized carbons (Fsp3) is 1.00. The van der Waals surface area contributed by atoms with Crippen LogP contribution >= 0.6 is 0 Å². The Kier molecular flexibility index (Phi) is 3.82. The molecular weight excluding hydrogens is 172 g/mol. The highest BCUT2D eigenvalue weighted by molar-refractivity contribution is 4.86. The van der Waals surface area contributed by atoms with E-state index in [9.17, 15) is 0 Å². The summed E-state index contributed by atoms with van der Waals surface area (Å²) in [6.07, 6.45) is 11.2. The molecule has 0 spiro atoms. The standard InChI is InChI=1S/C12H24N2/c13-12(10-7-8-10)9-14-11-5-3-1-2-4-6-11/h10-12,14H,1-9,13H2. The molecule has 2 nitrogen and oxygen atoms in total. The molecule has 0 radical (unpaired) electrons. The molecule has 2 aliphatic carbocycles. The van der Waals surface area contributed by atoms with Crippen LogP contribution in [-0.2, 0) is 0 Å². The van der Waals surface area contributed by atoms with Crippen LogP contribution in [0.3, 0.4) is 0 Å². The average Bonchev–Trinajstić information content (AvgIpc) is 3.01. The Bertz CT molecular complexity index is 158. The maximum atomic E-state index is 6.07. The first-order valence-corrected chi connectivity index (χ1v) is 6.35. The van der Waals surface area contributed by atoms with Gasteiger partial charge in [-0.25, -0.2) is 0 Å². The van der Waals surface area contributed by atoms with E-state index in [1.54, 1.807) is 0 Å². The van der Waals surface area contributed by atoms with Crippen molar-refractivity contribution in [2.75, 3.05) is 6.54 Å². The van der Waals surface area contributed by atoms with E-state index in [0.717, 1.165) is 18.5 Å². The highest BCUT2D eigenvalue weighted by Crippen LogP contribution is 2.31. The zero-order chi connectivity index (χ0) is 9.80. The molecule has 2 aliphatic rings. The molecule has 82 valence electrons. The van der Waals surface area contributed by atoms with Gasteiger partial charge in [-0.2, -0.15) is 0 Å². The molecule has 0 saturated heterocycles. The molecule has 0 amide bonds. The molecule has 2 rings (SSSR count). The van der Waals surface area contributed by atoms with E-state index in [1.807, 2.05) is 0 Å². The zero-order valence-corrected chi connectivity index (χ0v) is 9.17. The van der Waals surface area contributed by atoms with Crippen molar-refractivity contribution < 1.29 is 0 Å². The van der Waals surface area contributed by atoms with Crippen molar-refractivity contribution in [1.29, 1.82) is 0 Å². The minimum Gasteiger partial charge on any atom is -0.326 e. The van der Waals surface area contributed by atoms with Gasteiger partial charge < -0.3 is 11.1 Å². The lowest BCUT2D eigenvalue weighted by Gasteiger charge is -2.19. The fourth-order valence-corrected chi connectivity index (χ4v) is 2.48. The van der Waals surface area contributed by atoms with E-state index in [2.05, 4.69) is 5.32 Å². The summed E-state index contributed by atoms with van der Waals surface area (Å²) in [6, 6.07) is 1.19. The third-order valence-corrected chi connectivity index (χ3v) is 3.72. The lowest BCUT2D eigenvalue weighted by Crippen LogP contribution is -2.40. The summed E-state index contributed by atoms with van der Waals surface area (Å²) in [6.45, 7) is 1.05. The molecule has 0 aromatic rings. The largest absolute Gasteiger partial charge is 0.326 e. The molecule has 0 aromatic heterocycles. The predicted molar refractivity (Wildman–Crippen MR) is 60.2 cm³/mol. The second-order valence-electron chi connectivity index (χ2n) is 5.10. The normalized spacial score (nSPS) is 27.2. The molecule has 0 aliphatic heterocycles. The third kappa shape index (κ3) is 3.25. The van der Waals surface area contributed by atoms with E-state index >= 15 is 0 Å². The van der Waals surface area contributed by atoms with Gasteiger partial charge in [0.05, 0.1) is 0 Å². The predicted octanol–water partition coefficient (Wildman–Crippen LogP) is 2.04. The molecule has 0 bridgehead atoms. The monoisotopic (exact) mass is 196 g/mol. The molecule has 2 saturated carbocycles. The number of hydrogen-bond donors (Lipinski definition) is 2. The van der Waals surface area contributed by atoms with E-state index in [0.29, 0.717) is 6.04 Å². The quantitative estimate of drug-likeness (QED) is 0.675. The number of hydrogen-bond acceptors (Lipinski definition) is 2. The van der Waals surface area contributed by atoms with Crippen LogP contribution in [0.4, 0.5) is 0 Å². The lowest BCUT2D eigenvalue weighted by molar-refractivity contribution is 0.424. The van der Waals surface area contributed by atoms with Gasteiger partial charge in [-0.3, -0.25) is 0 Å². The molecule has 0 aromatic carbocycles. The minimum absolute atomic E-state index is 0.429. The van der Waals surface area contributed by atoms with Gasteiger partial charge in [-0.05, 0) is 31.6 Å². The van der Waals surface area contributed by atoms with Gasteiger partial charge in [-0.1, -0.05) is 25.7 Å². The number of nitrogens with one attached hydrogen (secondary N) is 1. The number of nitrogens with two attached hydrogens (primary N) is 1. The van der Waals surface area contributed by atoms with Crippen molar-refractivity contribution in [3.63, 3.8) is 0 Å². The van der Waals surface area contributed by atoms with Crippen LogP contribution in [0.2, 0.25) is 0 Å². The second-order valence-corrected chi connectivity index (χ2v) is 5.10. The molecule has 0 heterocycles. The molecular formula is C12H24N2. The Balaban J connectivity index is 1.62. The van der Waals surface area contributed by atoms with E-state index in [-0.39, 0.29) is 0 Å². The number of rotatable bonds is 4. The summed E-state index contributed by atoms with van der Waals surface area (Å²) in [7, 11) is 0. The summed E-state index contributed by atoms with van der Waals surface area (Å²) >= 11 is 0. The van der Waals surface area contributed by atoms with Crippen LogP contribution in [0.5, 0.6) is 0 Å². The van der Waals surface area contributed by atoms with Crippen LogP contribution in [0.25, 0.3) is 0 Å². The van der Waals surface area contributed by atoms with Crippen molar-refractivity contribution in [1.82, 2.24) is 5.32 Å². The minimum atomic E-state index is 0.429. The lowest BCUT2D eigenvalue weighted by atomic mass is 10.1. The molecule has 1 unspecified atom stereocenters. The van der Waals surface area contributed by atoms with Crippen LogP contribution in [0.1, 0.15) is 51.4 Å². The Morgan fingerprint density at radius 1 is 1.00 bits per heavy atom. The van der Waals surface area contributed by atoms with E-state index in [1.165, 1.54) is 51.4 Å². The van der Waals surface area contributed by atoms with Crippen molar-refractivity contribution in [3.8, 4) is 0 Å². The first-order valence-electron chi connectivity index (χ1n) is 6.35. The van der Waals surface area contributed by atoms with Gasteiger partial charge in [-0.15, -0.1) is 0 Å². The highest BCUT2D eigenvalue weighted by Gasteiger charge is 2.28. The smallest absolute Gasteiger partial charge is 0.0194 e. The first-order chi connectivity index (χ1) is 6.86. The van der Waals surface area contributed by atoms with Crippen molar-refractivity contribution in [2.24, 2.45) is 11.7 Å². The van der Waals surface area contributed by atoms with Crippen molar-refractivity contribution >= 4 is 0 Å². The molecule has 2 heteroatoms. The summed E-state index contributed by atoms with van der Waals surface area (Å²) in [5, 5.41) is 3.66. The van der Waals surface area contributed by atoms with Crippen molar-refractivity contribution in [2.45, 2.75) is 63.5 Å². The Hall–Kier alpha value is -0.0800. The SMILES string of the molecule is NC(CNC1CCCCCC1)C1CC1. The zero-order valence-electron chi connectivity index (χ0n) is 9.17. The average molecular weight is 196 g/mol. The maximum absolute atomic E-state index is 6.07. The maximum Gasteiger partial charge on any atom is 0.0194 e. The molecule has 14 heavy (non-hydrogen) atoms. The van der Waals surface area contributed by atoms with Crippen molar-refractivity contribution in [3.05, 3.63) is 0 Å². The van der Waals surface area contributed by atoms with Gasteiger partial charge in [0.15, 0.2) is 0 Å². The van der Waals surface area contributed by atoms with Gasteiger partial charge in [0.2, 0.25) is 0 Å². The third-order valence-electron chi connectivity index (χ3n) is 3.72. The Morgan fingerprint density at radius 3 is 2.21 bits per heavy atom. The highest BCUT2D eigenvalue weighted by atomic mass is 14.9. The second kappa shape index (κ2) is 5.13. The first kappa shape index (κ1) is 10.4. The van der Waals surface area contributed by atoms with Crippen LogP contribution in [0, 0.1) is 5.92 Å². The summed E-state index contributed by atoms with van der Waals surface area (Å²) in [4.78, 5) is 0. The molecule has 2 fully saturated rings. The van der Waals surface area contributed by atoms with Gasteiger partial charge in [0.25, 0.3) is 0 Å². The van der Waals surface area contributed by atoms with E-state index < -0.39 is 0 Å². The summed E-state index contributed by atoms with van der Waals surface area (Å²) < 4.78 is 0.